The maximum absolute atomic E-state index is 11.7. The monoisotopic (exact) mass is 196 g/mol. The van der Waals surface area contributed by atoms with E-state index in [0.717, 1.165) is 12.5 Å². The quantitative estimate of drug-likeness (QED) is 0.683. The molecule has 0 radical (unpaired) electrons. The second-order valence-corrected chi connectivity index (χ2v) is 4.74. The van der Waals surface area contributed by atoms with Gasteiger partial charge >= 0.3 is 0 Å². The van der Waals surface area contributed by atoms with E-state index in [2.05, 4.69) is 0 Å². The zero-order valence-electron chi connectivity index (χ0n) is 8.91. The van der Waals surface area contributed by atoms with E-state index in [4.69, 9.17) is 5.73 Å². The van der Waals surface area contributed by atoms with E-state index >= 15 is 0 Å². The molecule has 2 fully saturated rings. The van der Waals surface area contributed by atoms with Gasteiger partial charge in [0.05, 0.1) is 6.04 Å². The molecule has 0 bridgehead atoms. The Hall–Kier alpha value is -0.570. The van der Waals surface area contributed by atoms with Gasteiger partial charge in [0.15, 0.2) is 0 Å². The van der Waals surface area contributed by atoms with Crippen LogP contribution in [0.25, 0.3) is 0 Å². The third-order valence-corrected chi connectivity index (χ3v) is 3.62. The molecule has 1 saturated carbocycles. The Morgan fingerprint density at radius 2 is 2.07 bits per heavy atom. The molecule has 3 atom stereocenters. The van der Waals surface area contributed by atoms with Crippen molar-refractivity contribution < 1.29 is 4.79 Å². The summed E-state index contributed by atoms with van der Waals surface area (Å²) in [5.41, 5.74) is 5.62. The molecule has 2 N–H and O–H groups in total. The van der Waals surface area contributed by atoms with Gasteiger partial charge in [-0.15, -0.1) is 0 Å². The van der Waals surface area contributed by atoms with Crippen LogP contribution in [-0.2, 0) is 4.79 Å². The summed E-state index contributed by atoms with van der Waals surface area (Å²) in [5.74, 6) is 0.924. The van der Waals surface area contributed by atoms with E-state index < -0.39 is 0 Å². The molecule has 80 valence electrons. The van der Waals surface area contributed by atoms with Crippen LogP contribution in [0.15, 0.2) is 0 Å². The van der Waals surface area contributed by atoms with Crippen molar-refractivity contribution >= 4 is 5.91 Å². The van der Waals surface area contributed by atoms with Crippen LogP contribution in [0.1, 0.15) is 39.0 Å². The second kappa shape index (κ2) is 3.89. The number of carbonyl (C=O) groups excluding carboxylic acids is 1. The molecular weight excluding hydrogens is 176 g/mol. The first-order valence-corrected chi connectivity index (χ1v) is 5.76. The van der Waals surface area contributed by atoms with Crippen molar-refractivity contribution in [1.82, 2.24) is 4.90 Å². The van der Waals surface area contributed by atoms with Gasteiger partial charge in [0.25, 0.3) is 0 Å². The molecular formula is C11H20N2O. The van der Waals surface area contributed by atoms with E-state index in [1.165, 1.54) is 32.1 Å². The molecule has 1 heterocycles. The van der Waals surface area contributed by atoms with Gasteiger partial charge in [-0.05, 0) is 25.7 Å². The lowest BCUT2D eigenvalue weighted by Crippen LogP contribution is -2.61. The Morgan fingerprint density at radius 3 is 2.79 bits per heavy atom. The molecule has 0 aromatic rings. The number of nitrogens with zero attached hydrogens (tertiary/aromatic N) is 1. The van der Waals surface area contributed by atoms with E-state index in [9.17, 15) is 4.79 Å². The number of hydrogen-bond donors (Lipinski definition) is 1. The Kier molecular flexibility index (Phi) is 2.77. The van der Waals surface area contributed by atoms with Crippen molar-refractivity contribution in [2.24, 2.45) is 11.7 Å². The van der Waals surface area contributed by atoms with E-state index in [0.29, 0.717) is 6.04 Å². The Labute approximate surface area is 85.6 Å². The van der Waals surface area contributed by atoms with Crippen LogP contribution in [0.2, 0.25) is 0 Å². The maximum atomic E-state index is 11.7. The summed E-state index contributed by atoms with van der Waals surface area (Å²) in [6.07, 6.45) is 6.48. The highest BCUT2D eigenvalue weighted by molar-refractivity contribution is 5.82. The molecule has 2 aliphatic rings. The van der Waals surface area contributed by atoms with Crippen molar-refractivity contribution in [3.05, 3.63) is 0 Å². The molecule has 1 saturated heterocycles. The highest BCUT2D eigenvalue weighted by atomic mass is 16.2. The largest absolute Gasteiger partial charge is 0.338 e. The van der Waals surface area contributed by atoms with Crippen molar-refractivity contribution in [1.29, 1.82) is 0 Å². The summed E-state index contributed by atoms with van der Waals surface area (Å²) in [4.78, 5) is 13.7. The van der Waals surface area contributed by atoms with Crippen molar-refractivity contribution in [2.75, 3.05) is 6.54 Å². The van der Waals surface area contributed by atoms with Gasteiger partial charge in [-0.25, -0.2) is 0 Å². The van der Waals surface area contributed by atoms with E-state index in [1.807, 2.05) is 4.90 Å². The van der Waals surface area contributed by atoms with Gasteiger partial charge in [0, 0.05) is 12.6 Å². The fourth-order valence-corrected chi connectivity index (χ4v) is 2.75. The molecule has 0 aromatic carbocycles. The van der Waals surface area contributed by atoms with Crippen molar-refractivity contribution in [3.8, 4) is 0 Å². The molecule has 1 aliphatic carbocycles. The molecule has 14 heavy (non-hydrogen) atoms. The van der Waals surface area contributed by atoms with Crippen molar-refractivity contribution in [2.45, 2.75) is 51.1 Å². The summed E-state index contributed by atoms with van der Waals surface area (Å²) >= 11 is 0. The molecule has 3 heteroatoms. The third-order valence-electron chi connectivity index (χ3n) is 3.62. The summed E-state index contributed by atoms with van der Waals surface area (Å²) in [7, 11) is 0. The number of fused-ring (bicyclic) bond motifs is 1. The molecule has 3 nitrogen and oxygen atoms in total. The van der Waals surface area contributed by atoms with E-state index in [1.54, 1.807) is 6.92 Å². The molecule has 0 spiro atoms. The molecule has 1 amide bonds. The lowest BCUT2D eigenvalue weighted by atomic mass is 9.84. The minimum atomic E-state index is -0.320. The van der Waals surface area contributed by atoms with Gasteiger partial charge in [0.2, 0.25) is 5.91 Å². The first-order chi connectivity index (χ1) is 6.70. The summed E-state index contributed by atoms with van der Waals surface area (Å²) in [5, 5.41) is 0. The minimum Gasteiger partial charge on any atom is -0.338 e. The Morgan fingerprint density at radius 1 is 1.36 bits per heavy atom. The van der Waals surface area contributed by atoms with Crippen LogP contribution in [0.4, 0.5) is 0 Å². The Balaban J connectivity index is 1.95. The van der Waals surface area contributed by atoms with E-state index in [-0.39, 0.29) is 11.9 Å². The van der Waals surface area contributed by atoms with Crippen LogP contribution in [-0.4, -0.2) is 29.4 Å². The second-order valence-electron chi connectivity index (χ2n) is 4.74. The predicted molar refractivity (Wildman–Crippen MR) is 55.7 cm³/mol. The number of carbonyl (C=O) groups is 1. The van der Waals surface area contributed by atoms with Gasteiger partial charge < -0.3 is 10.6 Å². The van der Waals surface area contributed by atoms with Gasteiger partial charge in [-0.3, -0.25) is 4.79 Å². The normalized spacial score (nSPS) is 34.0. The molecule has 3 unspecified atom stereocenters. The standard InChI is InChI=1S/C11H20N2O/c1-8(12)11(14)13-7-9-5-3-2-4-6-10(9)13/h8-10H,2-7,12H2,1H3. The van der Waals surface area contributed by atoms with Crippen molar-refractivity contribution in [3.63, 3.8) is 0 Å². The lowest BCUT2D eigenvalue weighted by molar-refractivity contribution is -0.145. The van der Waals surface area contributed by atoms with Crippen LogP contribution in [0.3, 0.4) is 0 Å². The highest BCUT2D eigenvalue weighted by Crippen LogP contribution is 2.36. The summed E-state index contributed by atoms with van der Waals surface area (Å²) in [6, 6.07) is 0.204. The minimum absolute atomic E-state index is 0.146. The fourth-order valence-electron chi connectivity index (χ4n) is 2.75. The van der Waals surface area contributed by atoms with Crippen LogP contribution >= 0.6 is 0 Å². The Bertz CT molecular complexity index is 227. The average molecular weight is 196 g/mol. The number of rotatable bonds is 1. The van der Waals surface area contributed by atoms with Gasteiger partial charge in [-0.2, -0.15) is 0 Å². The SMILES string of the molecule is CC(N)C(=O)N1CC2CCCCCC21. The smallest absolute Gasteiger partial charge is 0.239 e. The van der Waals surface area contributed by atoms with Gasteiger partial charge in [0.1, 0.15) is 0 Å². The number of nitrogens with two attached hydrogens (primary N) is 1. The number of amides is 1. The maximum Gasteiger partial charge on any atom is 0.239 e. The van der Waals surface area contributed by atoms with Crippen LogP contribution in [0, 0.1) is 5.92 Å². The molecule has 0 aromatic heterocycles. The predicted octanol–water partition coefficient (Wildman–Crippen LogP) is 1.12. The third kappa shape index (κ3) is 1.65. The van der Waals surface area contributed by atoms with Gasteiger partial charge in [-0.1, -0.05) is 19.3 Å². The topological polar surface area (TPSA) is 46.3 Å². The van der Waals surface area contributed by atoms with Crippen LogP contribution < -0.4 is 5.73 Å². The molecule has 2 rings (SSSR count). The number of likely N-dealkylation sites (tertiary alicyclic amines) is 1. The zero-order valence-corrected chi connectivity index (χ0v) is 8.91. The zero-order chi connectivity index (χ0) is 10.1. The summed E-state index contributed by atoms with van der Waals surface area (Å²) in [6.45, 7) is 2.75. The fraction of sp³-hybridized carbons (Fsp3) is 0.909. The average Bonchev–Trinajstić information content (AvgIpc) is 2.28. The summed E-state index contributed by atoms with van der Waals surface area (Å²) < 4.78 is 0. The highest BCUT2D eigenvalue weighted by Gasteiger charge is 2.42. The first kappa shape index (κ1) is 9.97. The van der Waals surface area contributed by atoms with Crippen LogP contribution in [0.5, 0.6) is 0 Å². The number of hydrogen-bond acceptors (Lipinski definition) is 2. The molecule has 1 aliphatic heterocycles. The first-order valence-electron chi connectivity index (χ1n) is 5.76. The lowest BCUT2D eigenvalue weighted by Gasteiger charge is -2.48.